The molecule has 4 nitrogen and oxygen atoms in total. The van der Waals surface area contributed by atoms with E-state index in [9.17, 15) is 9.59 Å². The van der Waals surface area contributed by atoms with E-state index in [0.717, 1.165) is 0 Å². The average molecular weight is 352 g/mol. The third-order valence-electron chi connectivity index (χ3n) is 2.99. The lowest BCUT2D eigenvalue weighted by Crippen LogP contribution is -2.15. The maximum atomic E-state index is 12.2. The third kappa shape index (κ3) is 4.47. The zero-order valence-electron chi connectivity index (χ0n) is 12.6. The fourth-order valence-corrected chi connectivity index (χ4v) is 2.32. The largest absolute Gasteiger partial charge is 0.426 e. The number of amides is 1. The van der Waals surface area contributed by atoms with Gasteiger partial charge in [-0.25, -0.2) is 0 Å². The number of carbonyl (C=O) groups is 2. The molecule has 2 rings (SSSR count). The molecule has 0 aliphatic carbocycles. The van der Waals surface area contributed by atoms with Gasteiger partial charge in [-0.3, -0.25) is 9.59 Å². The van der Waals surface area contributed by atoms with Gasteiger partial charge in [-0.15, -0.1) is 0 Å². The van der Waals surface area contributed by atoms with Gasteiger partial charge >= 0.3 is 5.97 Å². The summed E-state index contributed by atoms with van der Waals surface area (Å²) in [6.07, 6.45) is 0. The first-order chi connectivity index (χ1) is 10.9. The SMILES string of the molecule is CC(C)C(=O)Oc1ccc(NC(=O)c2c(Cl)cccc2Cl)cc1. The van der Waals surface area contributed by atoms with E-state index in [4.69, 9.17) is 27.9 Å². The van der Waals surface area contributed by atoms with Crippen molar-refractivity contribution in [1.82, 2.24) is 0 Å². The number of halogens is 2. The van der Waals surface area contributed by atoms with Gasteiger partial charge in [0.25, 0.3) is 5.91 Å². The Hall–Kier alpha value is -2.04. The fourth-order valence-electron chi connectivity index (χ4n) is 1.75. The van der Waals surface area contributed by atoms with Crippen molar-refractivity contribution >= 4 is 40.8 Å². The quantitative estimate of drug-likeness (QED) is 0.635. The van der Waals surface area contributed by atoms with E-state index in [1.165, 1.54) is 0 Å². The molecule has 0 aliphatic heterocycles. The Kier molecular flexibility index (Phi) is 5.64. The van der Waals surface area contributed by atoms with Gasteiger partial charge < -0.3 is 10.1 Å². The van der Waals surface area contributed by atoms with Crippen molar-refractivity contribution in [2.75, 3.05) is 5.32 Å². The van der Waals surface area contributed by atoms with E-state index in [2.05, 4.69) is 5.32 Å². The summed E-state index contributed by atoms with van der Waals surface area (Å²) >= 11 is 12.0. The number of anilines is 1. The minimum atomic E-state index is -0.410. The molecule has 1 N–H and O–H groups in total. The number of esters is 1. The van der Waals surface area contributed by atoms with Gasteiger partial charge in [-0.2, -0.15) is 0 Å². The van der Waals surface area contributed by atoms with Crippen LogP contribution in [0.4, 0.5) is 5.69 Å². The topological polar surface area (TPSA) is 55.4 Å². The van der Waals surface area contributed by atoms with Crippen LogP contribution in [0, 0.1) is 5.92 Å². The van der Waals surface area contributed by atoms with Gasteiger partial charge in [0.1, 0.15) is 5.75 Å². The number of rotatable bonds is 4. The second-order valence-corrected chi connectivity index (χ2v) is 5.97. The van der Waals surface area contributed by atoms with E-state index >= 15 is 0 Å². The summed E-state index contributed by atoms with van der Waals surface area (Å²) in [5, 5.41) is 3.25. The second-order valence-electron chi connectivity index (χ2n) is 5.15. The smallest absolute Gasteiger partial charge is 0.313 e. The number of nitrogens with one attached hydrogen (secondary N) is 1. The van der Waals surface area contributed by atoms with Crippen LogP contribution < -0.4 is 10.1 Å². The lowest BCUT2D eigenvalue weighted by atomic mass is 10.2. The maximum absolute atomic E-state index is 12.2. The highest BCUT2D eigenvalue weighted by atomic mass is 35.5. The van der Waals surface area contributed by atoms with Crippen molar-refractivity contribution in [3.63, 3.8) is 0 Å². The number of benzene rings is 2. The summed E-state index contributed by atoms with van der Waals surface area (Å²) in [6.45, 7) is 3.51. The molecular formula is C17H15Cl2NO3. The van der Waals surface area contributed by atoms with E-state index in [-0.39, 0.29) is 27.5 Å². The van der Waals surface area contributed by atoms with Gasteiger partial charge in [0.2, 0.25) is 0 Å². The summed E-state index contributed by atoms with van der Waals surface area (Å²) in [6, 6.07) is 11.3. The average Bonchev–Trinajstić information content (AvgIpc) is 2.49. The highest BCUT2D eigenvalue weighted by Crippen LogP contribution is 2.25. The van der Waals surface area contributed by atoms with Crippen molar-refractivity contribution in [2.24, 2.45) is 5.92 Å². The Morgan fingerprint density at radius 2 is 1.57 bits per heavy atom. The highest BCUT2D eigenvalue weighted by molar-refractivity contribution is 6.40. The Labute approximate surface area is 144 Å². The predicted molar refractivity (Wildman–Crippen MR) is 91.3 cm³/mol. The van der Waals surface area contributed by atoms with Gasteiger partial charge in [0.15, 0.2) is 0 Å². The Morgan fingerprint density at radius 3 is 2.09 bits per heavy atom. The molecule has 0 fully saturated rings. The molecule has 120 valence electrons. The molecular weight excluding hydrogens is 337 g/mol. The van der Waals surface area contributed by atoms with Crippen molar-refractivity contribution in [3.05, 3.63) is 58.1 Å². The third-order valence-corrected chi connectivity index (χ3v) is 3.62. The Morgan fingerprint density at radius 1 is 1.00 bits per heavy atom. The van der Waals surface area contributed by atoms with Crippen LogP contribution in [0.2, 0.25) is 10.0 Å². The fraction of sp³-hybridized carbons (Fsp3) is 0.176. The summed E-state index contributed by atoms with van der Waals surface area (Å²) < 4.78 is 5.16. The molecule has 2 aromatic carbocycles. The van der Waals surface area contributed by atoms with Crippen LogP contribution in [0.5, 0.6) is 5.75 Å². The molecule has 0 bridgehead atoms. The van der Waals surface area contributed by atoms with Gasteiger partial charge in [-0.1, -0.05) is 43.1 Å². The second kappa shape index (κ2) is 7.49. The molecule has 2 aromatic rings. The van der Waals surface area contributed by atoms with Crippen molar-refractivity contribution in [1.29, 1.82) is 0 Å². The summed E-state index contributed by atoms with van der Waals surface area (Å²) in [5.41, 5.74) is 0.751. The minimum absolute atomic E-state index is 0.211. The van der Waals surface area contributed by atoms with Crippen LogP contribution in [0.1, 0.15) is 24.2 Å². The summed E-state index contributed by atoms with van der Waals surface area (Å²) in [7, 11) is 0. The molecule has 6 heteroatoms. The molecule has 0 saturated carbocycles. The molecule has 1 amide bonds. The van der Waals surface area contributed by atoms with Crippen LogP contribution in [-0.4, -0.2) is 11.9 Å². The molecule has 0 aromatic heterocycles. The molecule has 23 heavy (non-hydrogen) atoms. The highest BCUT2D eigenvalue weighted by Gasteiger charge is 2.15. The molecule has 0 unspecified atom stereocenters. The summed E-state index contributed by atoms with van der Waals surface area (Å²) in [5.74, 6) is -0.522. The van der Waals surface area contributed by atoms with Crippen molar-refractivity contribution in [3.8, 4) is 5.75 Å². The van der Waals surface area contributed by atoms with Gasteiger partial charge in [-0.05, 0) is 36.4 Å². The van der Waals surface area contributed by atoms with Gasteiger partial charge in [0, 0.05) is 5.69 Å². The van der Waals surface area contributed by atoms with Crippen molar-refractivity contribution in [2.45, 2.75) is 13.8 Å². The Bertz CT molecular complexity index is 707. The molecule has 0 heterocycles. The molecule has 0 spiro atoms. The molecule has 0 atom stereocenters. The lowest BCUT2D eigenvalue weighted by molar-refractivity contribution is -0.137. The Balaban J connectivity index is 2.09. The number of carbonyl (C=O) groups excluding carboxylic acids is 2. The van der Waals surface area contributed by atoms with Crippen LogP contribution in [-0.2, 0) is 4.79 Å². The first-order valence-electron chi connectivity index (χ1n) is 6.95. The number of hydrogen-bond donors (Lipinski definition) is 1. The summed E-state index contributed by atoms with van der Waals surface area (Å²) in [4.78, 5) is 23.8. The van der Waals surface area contributed by atoms with Crippen LogP contribution >= 0.6 is 23.2 Å². The first-order valence-corrected chi connectivity index (χ1v) is 7.71. The molecule has 0 radical (unpaired) electrons. The molecule has 0 aliphatic rings. The number of hydrogen-bond acceptors (Lipinski definition) is 3. The van der Waals surface area contributed by atoms with Crippen LogP contribution in [0.3, 0.4) is 0 Å². The number of ether oxygens (including phenoxy) is 1. The van der Waals surface area contributed by atoms with E-state index in [1.807, 2.05) is 0 Å². The molecule has 0 saturated heterocycles. The van der Waals surface area contributed by atoms with Crippen LogP contribution in [0.15, 0.2) is 42.5 Å². The minimum Gasteiger partial charge on any atom is -0.426 e. The lowest BCUT2D eigenvalue weighted by Gasteiger charge is -2.10. The van der Waals surface area contributed by atoms with Gasteiger partial charge in [0.05, 0.1) is 21.5 Å². The maximum Gasteiger partial charge on any atom is 0.313 e. The van der Waals surface area contributed by atoms with E-state index < -0.39 is 5.91 Å². The standard InChI is InChI=1S/C17H15Cl2NO3/c1-10(2)17(22)23-12-8-6-11(7-9-12)20-16(21)15-13(18)4-3-5-14(15)19/h3-10H,1-2H3,(H,20,21). The van der Waals surface area contributed by atoms with E-state index in [1.54, 1.807) is 56.3 Å². The monoisotopic (exact) mass is 351 g/mol. The zero-order valence-corrected chi connectivity index (χ0v) is 14.1. The van der Waals surface area contributed by atoms with Crippen molar-refractivity contribution < 1.29 is 14.3 Å². The van der Waals surface area contributed by atoms with E-state index in [0.29, 0.717) is 11.4 Å². The first kappa shape index (κ1) is 17.3. The predicted octanol–water partition coefficient (Wildman–Crippen LogP) is 4.81. The normalized spacial score (nSPS) is 10.5. The zero-order chi connectivity index (χ0) is 17.0. The van der Waals surface area contributed by atoms with Crippen LogP contribution in [0.25, 0.3) is 0 Å².